The quantitative estimate of drug-likeness (QED) is 0.608. The lowest BCUT2D eigenvalue weighted by Crippen LogP contribution is -2.41. The highest BCUT2D eigenvalue weighted by atomic mass is 17.2. The van der Waals surface area contributed by atoms with E-state index >= 15 is 0 Å². The molecule has 0 spiro atoms. The smallest absolute Gasteiger partial charge is 0.410 e. The largest absolute Gasteiger partial charge is 0.444 e. The fourth-order valence-corrected chi connectivity index (χ4v) is 2.02. The highest BCUT2D eigenvalue weighted by molar-refractivity contribution is 5.69. The van der Waals surface area contributed by atoms with Gasteiger partial charge in [-0.25, -0.2) is 14.6 Å². The zero-order chi connectivity index (χ0) is 13.8. The number of aliphatic hydroxyl groups excluding tert-OH is 1. The van der Waals surface area contributed by atoms with Gasteiger partial charge >= 0.3 is 6.09 Å². The number of likely N-dealkylation sites (tertiary alicyclic amines) is 1. The highest BCUT2D eigenvalue weighted by Gasteiger charge is 2.37. The van der Waals surface area contributed by atoms with E-state index in [1.807, 2.05) is 20.8 Å². The molecule has 0 aromatic rings. The average molecular weight is 261 g/mol. The molecule has 0 radical (unpaired) electrons. The molecule has 2 atom stereocenters. The number of carbonyl (C=O) groups excluding carboxylic acids is 1. The molecule has 0 bridgehead atoms. The average Bonchev–Trinajstić information content (AvgIpc) is 2.67. The van der Waals surface area contributed by atoms with Crippen LogP contribution < -0.4 is 0 Å². The van der Waals surface area contributed by atoms with E-state index < -0.39 is 5.60 Å². The zero-order valence-corrected chi connectivity index (χ0v) is 11.5. The molecule has 1 saturated heterocycles. The van der Waals surface area contributed by atoms with Gasteiger partial charge < -0.3 is 14.7 Å². The summed E-state index contributed by atoms with van der Waals surface area (Å²) in [6.45, 7) is 6.32. The third-order valence-electron chi connectivity index (χ3n) is 2.76. The Morgan fingerprint density at radius 2 is 2.11 bits per heavy atom. The van der Waals surface area contributed by atoms with Crippen molar-refractivity contribution in [3.63, 3.8) is 0 Å². The fourth-order valence-electron chi connectivity index (χ4n) is 2.02. The molecule has 2 unspecified atom stereocenters. The second-order valence-corrected chi connectivity index (χ2v) is 5.52. The molecule has 18 heavy (non-hydrogen) atoms. The molecule has 1 aliphatic heterocycles. The standard InChI is InChI=1S/C12H23NO5/c1-12(2,3)18-11(15)13-6-9(8-17-16-4)5-10(13)7-14/h9-10,14H,5-8H2,1-4H3. The molecule has 0 aromatic heterocycles. The van der Waals surface area contributed by atoms with Gasteiger partial charge in [0, 0.05) is 12.5 Å². The zero-order valence-electron chi connectivity index (χ0n) is 11.5. The third kappa shape index (κ3) is 4.44. The van der Waals surface area contributed by atoms with Gasteiger partial charge in [-0.1, -0.05) is 0 Å². The number of aliphatic hydroxyl groups is 1. The van der Waals surface area contributed by atoms with E-state index in [0.717, 1.165) is 0 Å². The van der Waals surface area contributed by atoms with Crippen molar-refractivity contribution in [3.05, 3.63) is 0 Å². The lowest BCUT2D eigenvalue weighted by Gasteiger charge is -2.27. The van der Waals surface area contributed by atoms with E-state index in [-0.39, 0.29) is 24.7 Å². The predicted molar refractivity (Wildman–Crippen MR) is 64.9 cm³/mol. The molecule has 6 heteroatoms. The fraction of sp³-hybridized carbons (Fsp3) is 0.917. The van der Waals surface area contributed by atoms with E-state index in [9.17, 15) is 9.90 Å². The Labute approximate surface area is 108 Å². The van der Waals surface area contributed by atoms with Crippen LogP contribution >= 0.6 is 0 Å². The van der Waals surface area contributed by atoms with Crippen LogP contribution in [0.3, 0.4) is 0 Å². The van der Waals surface area contributed by atoms with Crippen molar-refractivity contribution >= 4 is 6.09 Å². The molecule has 106 valence electrons. The van der Waals surface area contributed by atoms with Crippen molar-refractivity contribution in [3.8, 4) is 0 Å². The molecule has 6 nitrogen and oxygen atoms in total. The Morgan fingerprint density at radius 1 is 1.44 bits per heavy atom. The number of rotatable bonds is 4. The minimum atomic E-state index is -0.530. The van der Waals surface area contributed by atoms with Crippen LogP contribution in [0.4, 0.5) is 4.79 Å². The van der Waals surface area contributed by atoms with Crippen molar-refractivity contribution in [1.29, 1.82) is 0 Å². The summed E-state index contributed by atoms with van der Waals surface area (Å²) in [5.74, 6) is 0.162. The Kier molecular flexibility index (Phi) is 5.37. The lowest BCUT2D eigenvalue weighted by atomic mass is 10.1. The van der Waals surface area contributed by atoms with Gasteiger partial charge in [0.25, 0.3) is 0 Å². The molecule has 0 aliphatic carbocycles. The van der Waals surface area contributed by atoms with Gasteiger partial charge in [-0.15, -0.1) is 0 Å². The van der Waals surface area contributed by atoms with Crippen LogP contribution in [0.5, 0.6) is 0 Å². The topological polar surface area (TPSA) is 68.2 Å². The molecule has 1 fully saturated rings. The molecule has 0 saturated carbocycles. The molecule has 1 N–H and O–H groups in total. The van der Waals surface area contributed by atoms with Gasteiger partial charge in [0.1, 0.15) is 5.60 Å². The first-order chi connectivity index (χ1) is 8.37. The summed E-state index contributed by atoms with van der Waals surface area (Å²) in [7, 11) is 1.45. The third-order valence-corrected chi connectivity index (χ3v) is 2.76. The van der Waals surface area contributed by atoms with E-state index in [1.165, 1.54) is 7.11 Å². The van der Waals surface area contributed by atoms with Crippen LogP contribution in [0.25, 0.3) is 0 Å². The van der Waals surface area contributed by atoms with Crippen molar-refractivity contribution in [2.45, 2.75) is 38.8 Å². The summed E-state index contributed by atoms with van der Waals surface area (Å²) >= 11 is 0. The Morgan fingerprint density at radius 3 is 2.61 bits per heavy atom. The normalized spacial score (nSPS) is 24.4. The lowest BCUT2D eigenvalue weighted by molar-refractivity contribution is -0.279. The van der Waals surface area contributed by atoms with Crippen LogP contribution in [0.15, 0.2) is 0 Å². The van der Waals surface area contributed by atoms with Crippen molar-refractivity contribution in [2.24, 2.45) is 5.92 Å². The van der Waals surface area contributed by atoms with Gasteiger partial charge in [0.2, 0.25) is 0 Å². The highest BCUT2D eigenvalue weighted by Crippen LogP contribution is 2.25. The summed E-state index contributed by atoms with van der Waals surface area (Å²) < 4.78 is 5.31. The van der Waals surface area contributed by atoms with Crippen LogP contribution in [0.1, 0.15) is 27.2 Å². The number of carbonyl (C=O) groups is 1. The maximum Gasteiger partial charge on any atom is 0.410 e. The van der Waals surface area contributed by atoms with E-state index in [1.54, 1.807) is 4.90 Å². The van der Waals surface area contributed by atoms with Crippen LogP contribution in [0.2, 0.25) is 0 Å². The Bertz CT molecular complexity index is 276. The second kappa shape index (κ2) is 6.36. The summed E-state index contributed by atoms with van der Waals surface area (Å²) in [6, 6.07) is -0.203. The number of ether oxygens (including phenoxy) is 1. The van der Waals surface area contributed by atoms with Gasteiger partial charge in [0.05, 0.1) is 26.4 Å². The number of hydrogen-bond acceptors (Lipinski definition) is 5. The van der Waals surface area contributed by atoms with Crippen molar-refractivity contribution in [1.82, 2.24) is 4.90 Å². The Balaban J connectivity index is 2.55. The summed E-state index contributed by atoms with van der Waals surface area (Å²) in [6.07, 6.45) is 0.306. The number of amides is 1. The first-order valence-corrected chi connectivity index (χ1v) is 6.13. The van der Waals surface area contributed by atoms with Crippen LogP contribution in [-0.2, 0) is 14.5 Å². The van der Waals surface area contributed by atoms with Crippen molar-refractivity contribution < 1.29 is 24.4 Å². The van der Waals surface area contributed by atoms with Gasteiger partial charge in [-0.2, -0.15) is 0 Å². The minimum absolute atomic E-state index is 0.0667. The minimum Gasteiger partial charge on any atom is -0.444 e. The van der Waals surface area contributed by atoms with Gasteiger partial charge in [0.15, 0.2) is 0 Å². The van der Waals surface area contributed by atoms with Crippen LogP contribution in [-0.4, -0.2) is 54.6 Å². The number of hydrogen-bond donors (Lipinski definition) is 1. The van der Waals surface area contributed by atoms with E-state index in [4.69, 9.17) is 9.62 Å². The molecule has 0 aromatic carbocycles. The SMILES string of the molecule is COOCC1CC(CO)N(C(=O)OC(C)(C)C)C1. The summed E-state index contributed by atoms with van der Waals surface area (Å²) in [4.78, 5) is 23.0. The Hall–Kier alpha value is -0.850. The molecular formula is C12H23NO5. The van der Waals surface area contributed by atoms with Gasteiger partial charge in [-0.3, -0.25) is 0 Å². The maximum atomic E-state index is 12.0. The first-order valence-electron chi connectivity index (χ1n) is 6.13. The molecule has 1 heterocycles. The molecule has 1 amide bonds. The monoisotopic (exact) mass is 261 g/mol. The predicted octanol–water partition coefficient (Wildman–Crippen LogP) is 1.18. The van der Waals surface area contributed by atoms with E-state index in [2.05, 4.69) is 4.89 Å². The van der Waals surface area contributed by atoms with Crippen LogP contribution in [0, 0.1) is 5.92 Å². The first kappa shape index (κ1) is 15.2. The summed E-state index contributed by atoms with van der Waals surface area (Å²) in [5.41, 5.74) is -0.530. The van der Waals surface area contributed by atoms with Crippen molar-refractivity contribution in [2.75, 3.05) is 26.9 Å². The summed E-state index contributed by atoms with van der Waals surface area (Å²) in [5, 5.41) is 9.31. The van der Waals surface area contributed by atoms with Gasteiger partial charge in [-0.05, 0) is 27.2 Å². The molecule has 1 rings (SSSR count). The second-order valence-electron chi connectivity index (χ2n) is 5.52. The molecular weight excluding hydrogens is 238 g/mol. The van der Waals surface area contributed by atoms with E-state index in [0.29, 0.717) is 19.6 Å². The maximum absolute atomic E-state index is 12.0. The number of nitrogens with zero attached hydrogens (tertiary/aromatic N) is 1. The molecule has 1 aliphatic rings.